The molecule has 1 heterocycles. The summed E-state index contributed by atoms with van der Waals surface area (Å²) in [5.74, 6) is 0.751. The minimum atomic E-state index is 0.430. The van der Waals surface area contributed by atoms with Gasteiger partial charge in [0, 0.05) is 27.9 Å². The van der Waals surface area contributed by atoms with Gasteiger partial charge in [0.15, 0.2) is 0 Å². The summed E-state index contributed by atoms with van der Waals surface area (Å²) in [6, 6.07) is 8.72. The van der Waals surface area contributed by atoms with Crippen LogP contribution >= 0.6 is 27.3 Å². The van der Waals surface area contributed by atoms with Crippen LogP contribution in [0.4, 0.5) is 0 Å². The van der Waals surface area contributed by atoms with E-state index in [1.807, 2.05) is 12.1 Å². The lowest BCUT2D eigenvalue weighted by molar-refractivity contribution is 0.264. The van der Waals surface area contributed by atoms with Crippen molar-refractivity contribution < 1.29 is 0 Å². The number of benzene rings is 1. The molecule has 2 N–H and O–H groups in total. The molecule has 4 heteroatoms. The van der Waals surface area contributed by atoms with E-state index in [4.69, 9.17) is 10.7 Å². The van der Waals surface area contributed by atoms with Crippen LogP contribution in [0.15, 0.2) is 34.1 Å². The second-order valence-corrected chi connectivity index (χ2v) is 6.80. The molecule has 0 unspecified atom stereocenters. The van der Waals surface area contributed by atoms with Gasteiger partial charge in [0.25, 0.3) is 0 Å². The van der Waals surface area contributed by atoms with Crippen molar-refractivity contribution in [2.75, 3.05) is 0 Å². The summed E-state index contributed by atoms with van der Waals surface area (Å²) < 4.78 is 1.10. The van der Waals surface area contributed by atoms with E-state index < -0.39 is 0 Å². The van der Waals surface area contributed by atoms with Crippen LogP contribution in [0.1, 0.15) is 17.8 Å². The molecule has 1 fully saturated rings. The molecule has 1 aliphatic carbocycles. The van der Waals surface area contributed by atoms with Gasteiger partial charge in [-0.3, -0.25) is 0 Å². The lowest BCUT2D eigenvalue weighted by Gasteiger charge is -2.31. The lowest BCUT2D eigenvalue weighted by Crippen LogP contribution is -2.37. The fourth-order valence-corrected chi connectivity index (χ4v) is 3.70. The maximum Gasteiger partial charge on any atom is 0.0935 e. The predicted octanol–water partition coefficient (Wildman–Crippen LogP) is 3.85. The highest BCUT2D eigenvalue weighted by atomic mass is 79.9. The first kappa shape index (κ1) is 12.3. The molecule has 0 radical (unpaired) electrons. The largest absolute Gasteiger partial charge is 0.328 e. The Balaban J connectivity index is 1.73. The van der Waals surface area contributed by atoms with Crippen molar-refractivity contribution in [3.05, 3.63) is 39.1 Å². The van der Waals surface area contributed by atoms with Crippen molar-refractivity contribution in [2.24, 2.45) is 11.7 Å². The molecule has 1 aromatic heterocycles. The molecule has 0 atom stereocenters. The molecule has 0 spiro atoms. The van der Waals surface area contributed by atoms with Crippen LogP contribution in [0.25, 0.3) is 11.3 Å². The maximum absolute atomic E-state index is 5.81. The van der Waals surface area contributed by atoms with E-state index in [2.05, 4.69) is 33.4 Å². The third-order valence-corrected chi connectivity index (χ3v) is 4.77. The zero-order chi connectivity index (χ0) is 12.5. The SMILES string of the molecule is NC1CC(Cc2nc(-c3cccc(Br)c3)cs2)C1. The second-order valence-electron chi connectivity index (χ2n) is 4.94. The Morgan fingerprint density at radius 3 is 2.94 bits per heavy atom. The predicted molar refractivity (Wildman–Crippen MR) is 79.7 cm³/mol. The standard InChI is InChI=1S/C14H15BrN2S/c15-11-3-1-2-10(7-11)13-8-18-14(17-13)6-9-4-12(16)5-9/h1-3,7-9,12H,4-6,16H2. The molecular formula is C14H15BrN2S. The molecule has 18 heavy (non-hydrogen) atoms. The number of halogens is 1. The number of nitrogens with two attached hydrogens (primary N) is 1. The average Bonchev–Trinajstić information content (AvgIpc) is 2.76. The summed E-state index contributed by atoms with van der Waals surface area (Å²) in [6.45, 7) is 0. The van der Waals surface area contributed by atoms with Crippen LogP contribution in [-0.2, 0) is 6.42 Å². The molecule has 0 saturated heterocycles. The summed E-state index contributed by atoms with van der Waals surface area (Å²) >= 11 is 5.26. The maximum atomic E-state index is 5.81. The molecule has 2 aromatic rings. The van der Waals surface area contributed by atoms with Gasteiger partial charge in [-0.15, -0.1) is 11.3 Å². The van der Waals surface area contributed by atoms with Crippen molar-refractivity contribution in [1.82, 2.24) is 4.98 Å². The Kier molecular flexibility index (Phi) is 3.50. The summed E-state index contributed by atoms with van der Waals surface area (Å²) in [6.07, 6.45) is 3.41. The second kappa shape index (κ2) is 5.11. The first-order valence-corrected chi connectivity index (χ1v) is 7.84. The zero-order valence-corrected chi connectivity index (χ0v) is 12.4. The fourth-order valence-electron chi connectivity index (χ4n) is 2.39. The van der Waals surface area contributed by atoms with Crippen LogP contribution in [0.5, 0.6) is 0 Å². The summed E-state index contributed by atoms with van der Waals surface area (Å²) in [5.41, 5.74) is 8.07. The topological polar surface area (TPSA) is 38.9 Å². The number of hydrogen-bond donors (Lipinski definition) is 1. The van der Waals surface area contributed by atoms with E-state index in [1.165, 1.54) is 10.6 Å². The van der Waals surface area contributed by atoms with E-state index in [9.17, 15) is 0 Å². The first-order chi connectivity index (χ1) is 8.70. The van der Waals surface area contributed by atoms with Crippen molar-refractivity contribution in [3.63, 3.8) is 0 Å². The monoisotopic (exact) mass is 322 g/mol. The van der Waals surface area contributed by atoms with E-state index in [-0.39, 0.29) is 0 Å². The molecule has 0 amide bonds. The minimum Gasteiger partial charge on any atom is -0.328 e. The molecule has 0 bridgehead atoms. The molecule has 94 valence electrons. The van der Waals surface area contributed by atoms with Gasteiger partial charge in [0.05, 0.1) is 10.7 Å². The molecule has 0 aliphatic heterocycles. The molecule has 1 saturated carbocycles. The zero-order valence-electron chi connectivity index (χ0n) is 9.97. The van der Waals surface area contributed by atoms with E-state index in [0.29, 0.717) is 6.04 Å². The number of aromatic nitrogens is 1. The third-order valence-electron chi connectivity index (χ3n) is 3.41. The smallest absolute Gasteiger partial charge is 0.0935 e. The van der Waals surface area contributed by atoms with E-state index in [0.717, 1.165) is 35.3 Å². The van der Waals surface area contributed by atoms with Crippen LogP contribution in [0.3, 0.4) is 0 Å². The Morgan fingerprint density at radius 2 is 2.22 bits per heavy atom. The Hall–Kier alpha value is -0.710. The Labute approximate surface area is 119 Å². The average molecular weight is 323 g/mol. The summed E-state index contributed by atoms with van der Waals surface area (Å²) in [4.78, 5) is 4.73. The summed E-state index contributed by atoms with van der Waals surface area (Å²) in [7, 11) is 0. The molecule has 3 rings (SSSR count). The van der Waals surface area contributed by atoms with E-state index >= 15 is 0 Å². The number of nitrogens with zero attached hydrogens (tertiary/aromatic N) is 1. The van der Waals surface area contributed by atoms with Gasteiger partial charge in [-0.1, -0.05) is 28.1 Å². The molecule has 1 aromatic carbocycles. The number of rotatable bonds is 3. The fraction of sp³-hybridized carbons (Fsp3) is 0.357. The highest BCUT2D eigenvalue weighted by Crippen LogP contribution is 2.31. The first-order valence-electron chi connectivity index (χ1n) is 6.16. The third kappa shape index (κ3) is 2.66. The Bertz CT molecular complexity index is 546. The van der Waals surface area contributed by atoms with Gasteiger partial charge in [0.1, 0.15) is 0 Å². The summed E-state index contributed by atoms with van der Waals surface area (Å²) in [5, 5.41) is 3.39. The number of thiazole rings is 1. The minimum absolute atomic E-state index is 0.430. The van der Waals surface area contributed by atoms with Crippen LogP contribution in [0.2, 0.25) is 0 Å². The quantitative estimate of drug-likeness (QED) is 0.932. The van der Waals surface area contributed by atoms with Gasteiger partial charge in [-0.25, -0.2) is 4.98 Å². The van der Waals surface area contributed by atoms with Gasteiger partial charge in [0.2, 0.25) is 0 Å². The molecule has 1 aliphatic rings. The Morgan fingerprint density at radius 1 is 1.39 bits per heavy atom. The molecule has 2 nitrogen and oxygen atoms in total. The van der Waals surface area contributed by atoms with Crippen LogP contribution in [0, 0.1) is 5.92 Å². The highest BCUT2D eigenvalue weighted by molar-refractivity contribution is 9.10. The van der Waals surface area contributed by atoms with Crippen molar-refractivity contribution in [3.8, 4) is 11.3 Å². The lowest BCUT2D eigenvalue weighted by atomic mass is 9.79. The number of hydrogen-bond acceptors (Lipinski definition) is 3. The van der Waals surface area contributed by atoms with Crippen molar-refractivity contribution in [2.45, 2.75) is 25.3 Å². The van der Waals surface area contributed by atoms with Gasteiger partial charge in [-0.2, -0.15) is 0 Å². The van der Waals surface area contributed by atoms with Crippen molar-refractivity contribution >= 4 is 27.3 Å². The van der Waals surface area contributed by atoms with Gasteiger partial charge >= 0.3 is 0 Å². The van der Waals surface area contributed by atoms with Crippen LogP contribution in [-0.4, -0.2) is 11.0 Å². The highest BCUT2D eigenvalue weighted by Gasteiger charge is 2.26. The normalized spacial score (nSPS) is 22.8. The van der Waals surface area contributed by atoms with Gasteiger partial charge < -0.3 is 5.73 Å². The van der Waals surface area contributed by atoms with E-state index in [1.54, 1.807) is 11.3 Å². The van der Waals surface area contributed by atoms with Crippen molar-refractivity contribution in [1.29, 1.82) is 0 Å². The van der Waals surface area contributed by atoms with Crippen LogP contribution < -0.4 is 5.73 Å². The van der Waals surface area contributed by atoms with Gasteiger partial charge in [-0.05, 0) is 30.9 Å². The molecular weight excluding hydrogens is 308 g/mol.